The number of nitrogens with one attached hydrogen (secondary N) is 2. The number of esters is 1. The second kappa shape index (κ2) is 10.1. The van der Waals surface area contributed by atoms with Crippen LogP contribution in [0.3, 0.4) is 0 Å². The number of methoxy groups -OCH3 is 1. The smallest absolute Gasteiger partial charge is 0.319 e. The molecular formula is C23H18ClN3O6S. The normalized spacial score (nSPS) is 18.7. The Morgan fingerprint density at radius 1 is 1.24 bits per heavy atom. The number of allylic oxidation sites excluding steroid dienone is 1. The molecule has 2 aromatic rings. The van der Waals surface area contributed by atoms with Crippen molar-refractivity contribution in [1.29, 1.82) is 5.26 Å². The van der Waals surface area contributed by atoms with E-state index < -0.39 is 23.7 Å². The lowest BCUT2D eigenvalue weighted by molar-refractivity contribution is -0.150. The van der Waals surface area contributed by atoms with Crippen molar-refractivity contribution in [2.75, 3.05) is 25.0 Å². The summed E-state index contributed by atoms with van der Waals surface area (Å²) in [5.74, 6) is -2.87. The molecule has 0 bridgehead atoms. The summed E-state index contributed by atoms with van der Waals surface area (Å²) in [4.78, 5) is 37.8. The number of amides is 2. The number of nitriles is 1. The van der Waals surface area contributed by atoms with E-state index in [1.165, 1.54) is 7.11 Å². The van der Waals surface area contributed by atoms with Crippen molar-refractivity contribution in [2.24, 2.45) is 5.92 Å². The molecule has 2 atom stereocenters. The number of ether oxygens (including phenoxy) is 3. The van der Waals surface area contributed by atoms with Crippen LogP contribution >= 0.6 is 23.4 Å². The lowest BCUT2D eigenvalue weighted by atomic mass is 9.78. The van der Waals surface area contributed by atoms with Crippen molar-refractivity contribution in [2.45, 2.75) is 5.92 Å². The molecule has 9 nitrogen and oxygen atoms in total. The van der Waals surface area contributed by atoms with Gasteiger partial charge in [-0.1, -0.05) is 35.5 Å². The highest BCUT2D eigenvalue weighted by atomic mass is 35.5. The number of anilines is 1. The molecule has 2 aromatic carbocycles. The van der Waals surface area contributed by atoms with Gasteiger partial charge >= 0.3 is 5.97 Å². The molecule has 174 valence electrons. The Hall–Kier alpha value is -3.68. The molecule has 0 unspecified atom stereocenters. The highest BCUT2D eigenvalue weighted by molar-refractivity contribution is 8.03. The third-order valence-electron chi connectivity index (χ3n) is 5.22. The Morgan fingerprint density at radius 2 is 1.97 bits per heavy atom. The van der Waals surface area contributed by atoms with Gasteiger partial charge in [0.2, 0.25) is 18.6 Å². The van der Waals surface area contributed by atoms with Gasteiger partial charge in [-0.15, -0.1) is 0 Å². The lowest BCUT2D eigenvalue weighted by Gasteiger charge is -2.30. The molecule has 0 saturated carbocycles. The summed E-state index contributed by atoms with van der Waals surface area (Å²) in [6.07, 6.45) is 0. The molecule has 0 spiro atoms. The third kappa shape index (κ3) is 4.81. The molecule has 34 heavy (non-hydrogen) atoms. The average Bonchev–Trinajstić information content (AvgIpc) is 3.30. The summed E-state index contributed by atoms with van der Waals surface area (Å²) >= 11 is 6.96. The van der Waals surface area contributed by atoms with Gasteiger partial charge < -0.3 is 24.8 Å². The first-order chi connectivity index (χ1) is 16.4. The molecule has 11 heteroatoms. The second-order valence-corrected chi connectivity index (χ2v) is 8.70. The van der Waals surface area contributed by atoms with Gasteiger partial charge in [-0.2, -0.15) is 5.26 Å². The molecule has 0 radical (unpaired) electrons. The molecule has 2 N–H and O–H groups in total. The number of halogens is 1. The number of nitrogens with zero attached hydrogens (tertiary/aromatic N) is 1. The number of hydrogen-bond donors (Lipinski definition) is 2. The van der Waals surface area contributed by atoms with Crippen LogP contribution in [0.5, 0.6) is 11.5 Å². The fourth-order valence-electron chi connectivity index (χ4n) is 3.66. The third-order valence-corrected chi connectivity index (χ3v) is 6.49. The van der Waals surface area contributed by atoms with Gasteiger partial charge in [0, 0.05) is 22.7 Å². The fraction of sp³-hybridized carbons (Fsp3) is 0.217. The van der Waals surface area contributed by atoms with Crippen molar-refractivity contribution >= 4 is 46.8 Å². The molecule has 4 rings (SSSR count). The molecule has 0 saturated heterocycles. The van der Waals surface area contributed by atoms with Crippen molar-refractivity contribution in [1.82, 2.24) is 5.32 Å². The van der Waals surface area contributed by atoms with E-state index in [-0.39, 0.29) is 29.1 Å². The number of benzene rings is 2. The molecule has 2 amide bonds. The topological polar surface area (TPSA) is 127 Å². The first-order valence-electron chi connectivity index (χ1n) is 10.0. The van der Waals surface area contributed by atoms with Gasteiger partial charge in [0.15, 0.2) is 11.5 Å². The average molecular weight is 500 g/mol. The van der Waals surface area contributed by atoms with Gasteiger partial charge in [0.05, 0.1) is 29.5 Å². The van der Waals surface area contributed by atoms with Gasteiger partial charge in [-0.3, -0.25) is 14.4 Å². The maximum absolute atomic E-state index is 12.8. The monoisotopic (exact) mass is 499 g/mol. The standard InChI is InChI=1S/C23H18ClN3O6S/c1-31-23(30)20-19(12-2-4-13(24)5-3-12)15(9-25)22(27-21(20)29)34-10-18(28)26-14-6-7-16-17(8-14)33-11-32-16/h2-8,19-20H,10-11H2,1H3,(H,26,28)(H,27,29)/t19-,20-/m1/s1. The Labute approximate surface area is 204 Å². The zero-order valence-electron chi connectivity index (χ0n) is 17.8. The maximum atomic E-state index is 12.8. The minimum Gasteiger partial charge on any atom is -0.468 e. The lowest BCUT2D eigenvalue weighted by Crippen LogP contribution is -2.44. The quantitative estimate of drug-likeness (QED) is 0.458. The number of rotatable bonds is 6. The molecule has 2 aliphatic rings. The maximum Gasteiger partial charge on any atom is 0.319 e. The molecule has 2 heterocycles. The number of thioether (sulfide) groups is 1. The van der Waals surface area contributed by atoms with E-state index in [0.717, 1.165) is 11.8 Å². The van der Waals surface area contributed by atoms with E-state index in [2.05, 4.69) is 16.7 Å². The number of hydrogen-bond acceptors (Lipinski definition) is 8. The Morgan fingerprint density at radius 3 is 2.68 bits per heavy atom. The Kier molecular flexibility index (Phi) is 6.95. The van der Waals surface area contributed by atoms with Crippen LogP contribution in [0.4, 0.5) is 5.69 Å². The van der Waals surface area contributed by atoms with Crippen molar-refractivity contribution in [3.8, 4) is 17.6 Å². The number of carbonyl (C=O) groups is 3. The molecule has 0 fully saturated rings. The van der Waals surface area contributed by atoms with E-state index >= 15 is 0 Å². The van der Waals surface area contributed by atoms with E-state index in [9.17, 15) is 19.6 Å². The Balaban J connectivity index is 1.56. The van der Waals surface area contributed by atoms with Crippen LogP contribution in [0.2, 0.25) is 5.02 Å². The number of carbonyl (C=O) groups excluding carboxylic acids is 3. The highest BCUT2D eigenvalue weighted by Gasteiger charge is 2.44. The summed E-state index contributed by atoms with van der Waals surface area (Å²) in [5.41, 5.74) is 1.22. The first-order valence-corrected chi connectivity index (χ1v) is 11.4. The van der Waals surface area contributed by atoms with E-state index in [1.807, 2.05) is 0 Å². The Bertz CT molecular complexity index is 1220. The van der Waals surface area contributed by atoms with E-state index in [4.69, 9.17) is 25.8 Å². The zero-order chi connectivity index (χ0) is 24.2. The van der Waals surface area contributed by atoms with Gasteiger partial charge in [0.1, 0.15) is 5.92 Å². The van der Waals surface area contributed by atoms with E-state index in [1.54, 1.807) is 42.5 Å². The SMILES string of the molecule is COC(=O)[C@H]1C(=O)NC(SCC(=O)Nc2ccc3c(c2)OCO3)=C(C#N)[C@H]1c1ccc(Cl)cc1. The van der Waals surface area contributed by atoms with E-state index in [0.29, 0.717) is 27.8 Å². The van der Waals surface area contributed by atoms with Crippen LogP contribution in [0, 0.1) is 17.2 Å². The summed E-state index contributed by atoms with van der Waals surface area (Å²) in [7, 11) is 1.18. The minimum atomic E-state index is -1.26. The van der Waals surface area contributed by atoms with Crippen molar-refractivity contribution < 1.29 is 28.6 Å². The largest absolute Gasteiger partial charge is 0.468 e. The molecule has 2 aliphatic heterocycles. The number of fused-ring (bicyclic) bond motifs is 1. The summed E-state index contributed by atoms with van der Waals surface area (Å²) in [5, 5.41) is 15.9. The minimum absolute atomic E-state index is 0.0918. The van der Waals surface area contributed by atoms with Gasteiger partial charge in [-0.25, -0.2) is 0 Å². The van der Waals surface area contributed by atoms with Gasteiger partial charge in [0.25, 0.3) is 0 Å². The fourth-order valence-corrected chi connectivity index (χ4v) is 4.63. The van der Waals surface area contributed by atoms with Gasteiger partial charge in [-0.05, 0) is 29.8 Å². The predicted octanol–water partition coefficient (Wildman–Crippen LogP) is 3.18. The predicted molar refractivity (Wildman–Crippen MR) is 124 cm³/mol. The molecule has 0 aliphatic carbocycles. The summed E-state index contributed by atoms with van der Waals surface area (Å²) < 4.78 is 15.4. The van der Waals surface area contributed by atoms with Crippen LogP contribution in [0.1, 0.15) is 11.5 Å². The van der Waals surface area contributed by atoms with Crippen molar-refractivity contribution in [3.63, 3.8) is 0 Å². The van der Waals surface area contributed by atoms with Crippen LogP contribution in [0.25, 0.3) is 0 Å². The van der Waals surface area contributed by atoms with Crippen molar-refractivity contribution in [3.05, 3.63) is 63.7 Å². The van der Waals surface area contributed by atoms with Crippen LogP contribution in [-0.2, 0) is 19.1 Å². The van der Waals surface area contributed by atoms with Crippen LogP contribution in [0.15, 0.2) is 53.1 Å². The molecule has 0 aromatic heterocycles. The second-order valence-electron chi connectivity index (χ2n) is 7.28. The van der Waals surface area contributed by atoms with Crippen LogP contribution < -0.4 is 20.1 Å². The first kappa shape index (κ1) is 23.5. The molecular weight excluding hydrogens is 482 g/mol. The summed E-state index contributed by atoms with van der Waals surface area (Å²) in [6, 6.07) is 13.6. The van der Waals surface area contributed by atoms with Crippen LogP contribution in [-0.4, -0.2) is 37.4 Å². The summed E-state index contributed by atoms with van der Waals surface area (Å²) in [6.45, 7) is 0.120. The highest BCUT2D eigenvalue weighted by Crippen LogP contribution is 2.40. The zero-order valence-corrected chi connectivity index (χ0v) is 19.4.